The van der Waals surface area contributed by atoms with Crippen LogP contribution < -0.4 is 5.73 Å². The second kappa shape index (κ2) is 4.85. The van der Waals surface area contributed by atoms with Crippen molar-refractivity contribution in [2.45, 2.75) is 10.7 Å². The van der Waals surface area contributed by atoms with Crippen LogP contribution in [-0.2, 0) is 9.84 Å². The van der Waals surface area contributed by atoms with Gasteiger partial charge < -0.3 is 5.73 Å². The monoisotopic (exact) mass is 352 g/mol. The predicted molar refractivity (Wildman–Crippen MR) is 66.7 cm³/mol. The molecule has 2 N–H and O–H groups in total. The molecule has 0 saturated carbocycles. The van der Waals surface area contributed by atoms with Crippen LogP contribution >= 0.6 is 15.9 Å². The van der Waals surface area contributed by atoms with Crippen LogP contribution in [0.5, 0.6) is 0 Å². The Morgan fingerprint density at radius 1 is 1.32 bits per heavy atom. The summed E-state index contributed by atoms with van der Waals surface area (Å²) in [5, 5.41) is 3.74. The first kappa shape index (κ1) is 13.9. The molecule has 2 aromatic rings. The Morgan fingerprint density at radius 2 is 1.95 bits per heavy atom. The van der Waals surface area contributed by atoms with Gasteiger partial charge in [-0.1, -0.05) is 12.1 Å². The van der Waals surface area contributed by atoms with Crippen molar-refractivity contribution in [3.63, 3.8) is 0 Å². The first-order valence-corrected chi connectivity index (χ1v) is 7.17. The number of rotatable bonds is 3. The topological polar surface area (TPSA) is 90.9 Å². The van der Waals surface area contributed by atoms with E-state index in [4.69, 9.17) is 5.73 Å². The normalized spacial score (nSPS) is 12.0. The molecule has 0 saturated heterocycles. The number of nitrogen functional groups attached to an aromatic ring is 1. The number of aromatic nitrogens is 3. The minimum atomic E-state index is -4.75. The van der Waals surface area contributed by atoms with Crippen LogP contribution in [0.4, 0.5) is 14.7 Å². The third-order valence-corrected chi connectivity index (χ3v) is 4.16. The van der Waals surface area contributed by atoms with Crippen LogP contribution in [0.15, 0.2) is 33.9 Å². The summed E-state index contributed by atoms with van der Waals surface area (Å²) >= 11 is 3.02. The maximum atomic E-state index is 12.6. The van der Waals surface area contributed by atoms with Gasteiger partial charge >= 0.3 is 5.76 Å². The fourth-order valence-corrected chi connectivity index (χ4v) is 2.79. The summed E-state index contributed by atoms with van der Waals surface area (Å²) in [7, 11) is -4.75. The zero-order chi connectivity index (χ0) is 14.2. The average Bonchev–Trinajstić information content (AvgIpc) is 2.68. The molecule has 1 heterocycles. The number of nitrogens with two attached hydrogens (primary N) is 1. The number of nitrogens with zero attached hydrogens (tertiary/aromatic N) is 3. The van der Waals surface area contributed by atoms with Crippen LogP contribution in [0, 0.1) is 0 Å². The molecule has 6 nitrogen and oxygen atoms in total. The molecule has 0 unspecified atom stereocenters. The van der Waals surface area contributed by atoms with Crippen molar-refractivity contribution in [1.29, 1.82) is 0 Å². The highest BCUT2D eigenvalue weighted by atomic mass is 79.9. The zero-order valence-electron chi connectivity index (χ0n) is 9.16. The highest BCUT2D eigenvalue weighted by molar-refractivity contribution is 9.10. The van der Waals surface area contributed by atoms with Gasteiger partial charge in [-0.2, -0.15) is 13.8 Å². The summed E-state index contributed by atoms with van der Waals surface area (Å²) in [4.78, 5) is 3.17. The van der Waals surface area contributed by atoms with Gasteiger partial charge in [0.25, 0.3) is 0 Å². The van der Waals surface area contributed by atoms with E-state index in [9.17, 15) is 17.2 Å². The van der Waals surface area contributed by atoms with Gasteiger partial charge in [-0.05, 0) is 28.1 Å². The van der Waals surface area contributed by atoms with Gasteiger partial charge in [0, 0.05) is 0 Å². The van der Waals surface area contributed by atoms with Gasteiger partial charge in [-0.25, -0.2) is 13.1 Å². The lowest BCUT2D eigenvalue weighted by Gasteiger charge is -2.09. The smallest absolute Gasteiger partial charge is 0.341 e. The summed E-state index contributed by atoms with van der Waals surface area (Å²) < 4.78 is 49.6. The summed E-state index contributed by atoms with van der Waals surface area (Å²) in [6, 6.07) is 5.23. The number of hydrogen-bond acceptors (Lipinski definition) is 5. The Balaban J connectivity index is 2.70. The van der Waals surface area contributed by atoms with Gasteiger partial charge in [-0.3, -0.25) is 0 Å². The molecule has 0 spiro atoms. The van der Waals surface area contributed by atoms with Crippen molar-refractivity contribution < 1.29 is 17.2 Å². The van der Waals surface area contributed by atoms with Crippen LogP contribution in [0.25, 0.3) is 5.69 Å². The van der Waals surface area contributed by atoms with Crippen molar-refractivity contribution in [1.82, 2.24) is 14.8 Å². The molecule has 0 aliphatic heterocycles. The SMILES string of the molecule is Nc1nc(Br)n(-c2ccccc2S(=O)(=O)C(F)F)n1. The van der Waals surface area contributed by atoms with E-state index in [1.807, 2.05) is 0 Å². The van der Waals surface area contributed by atoms with E-state index in [0.717, 1.165) is 10.7 Å². The second-order valence-corrected chi connectivity index (χ2v) is 6.02. The number of hydrogen-bond donors (Lipinski definition) is 1. The molecule has 0 aliphatic carbocycles. The van der Waals surface area contributed by atoms with E-state index in [2.05, 4.69) is 26.0 Å². The molecule has 0 fully saturated rings. The summed E-state index contributed by atoms with van der Waals surface area (Å²) in [6.07, 6.45) is 0. The summed E-state index contributed by atoms with van der Waals surface area (Å²) in [5.74, 6) is -3.63. The van der Waals surface area contributed by atoms with E-state index in [0.29, 0.717) is 0 Å². The zero-order valence-corrected chi connectivity index (χ0v) is 11.6. The van der Waals surface area contributed by atoms with Crippen molar-refractivity contribution in [2.75, 3.05) is 5.73 Å². The summed E-state index contributed by atoms with van der Waals surface area (Å²) in [6.45, 7) is 0. The molecule has 10 heteroatoms. The van der Waals surface area contributed by atoms with Crippen molar-refractivity contribution in [2.24, 2.45) is 0 Å². The van der Waals surface area contributed by atoms with Crippen molar-refractivity contribution >= 4 is 31.7 Å². The highest BCUT2D eigenvalue weighted by Gasteiger charge is 2.30. The molecule has 0 aliphatic rings. The van der Waals surface area contributed by atoms with Crippen LogP contribution in [0.2, 0.25) is 0 Å². The van der Waals surface area contributed by atoms with E-state index in [1.165, 1.54) is 18.2 Å². The molecular formula is C9H7BrF2N4O2S. The lowest BCUT2D eigenvalue weighted by atomic mass is 10.3. The second-order valence-electron chi connectivity index (χ2n) is 3.42. The largest absolute Gasteiger partial charge is 0.366 e. The molecule has 0 bridgehead atoms. The molecule has 102 valence electrons. The van der Waals surface area contributed by atoms with Crippen LogP contribution in [-0.4, -0.2) is 28.9 Å². The summed E-state index contributed by atoms with van der Waals surface area (Å²) in [5.41, 5.74) is 5.31. The number of alkyl halides is 2. The highest BCUT2D eigenvalue weighted by Crippen LogP contribution is 2.26. The Bertz CT molecular complexity index is 717. The first-order chi connectivity index (χ1) is 8.84. The minimum Gasteiger partial charge on any atom is -0.366 e. The minimum absolute atomic E-state index is 0.0566. The van der Waals surface area contributed by atoms with E-state index in [-0.39, 0.29) is 16.4 Å². The molecular weight excluding hydrogens is 346 g/mol. The van der Waals surface area contributed by atoms with Gasteiger partial charge in [-0.15, -0.1) is 5.10 Å². The number of halogens is 3. The Labute approximate surface area is 115 Å². The van der Waals surface area contributed by atoms with Gasteiger partial charge in [0.15, 0.2) is 0 Å². The number of anilines is 1. The molecule has 0 amide bonds. The maximum absolute atomic E-state index is 12.6. The maximum Gasteiger partial charge on any atom is 0.341 e. The first-order valence-electron chi connectivity index (χ1n) is 4.83. The fourth-order valence-electron chi connectivity index (χ4n) is 1.43. The molecule has 19 heavy (non-hydrogen) atoms. The third-order valence-electron chi connectivity index (χ3n) is 2.22. The molecule has 1 aromatic heterocycles. The predicted octanol–water partition coefficient (Wildman–Crippen LogP) is 1.61. The van der Waals surface area contributed by atoms with E-state index in [1.54, 1.807) is 0 Å². The number of sulfone groups is 1. The molecule has 2 rings (SSSR count). The Morgan fingerprint density at radius 3 is 2.47 bits per heavy atom. The van der Waals surface area contributed by atoms with E-state index < -0.39 is 20.5 Å². The van der Waals surface area contributed by atoms with Crippen LogP contribution in [0.1, 0.15) is 0 Å². The van der Waals surface area contributed by atoms with Gasteiger partial charge in [0.1, 0.15) is 0 Å². The lowest BCUT2D eigenvalue weighted by molar-refractivity contribution is 0.234. The molecule has 1 aromatic carbocycles. The van der Waals surface area contributed by atoms with Crippen molar-refractivity contribution in [3.8, 4) is 5.69 Å². The third kappa shape index (κ3) is 2.45. The quantitative estimate of drug-likeness (QED) is 0.905. The van der Waals surface area contributed by atoms with Crippen molar-refractivity contribution in [3.05, 3.63) is 29.0 Å². The molecule has 0 atom stereocenters. The Kier molecular flexibility index (Phi) is 3.54. The Hall–Kier alpha value is -1.55. The fraction of sp³-hybridized carbons (Fsp3) is 0.111. The van der Waals surface area contributed by atoms with Gasteiger partial charge in [0.05, 0.1) is 10.6 Å². The molecule has 0 radical (unpaired) electrons. The van der Waals surface area contributed by atoms with E-state index >= 15 is 0 Å². The lowest BCUT2D eigenvalue weighted by Crippen LogP contribution is -2.15. The standard InChI is InChI=1S/C9H7BrF2N4O2S/c10-7-14-9(13)15-16(7)5-3-1-2-4-6(5)19(17,18)8(11)12/h1-4,8H,(H2,13,15). The number of benzene rings is 1. The number of para-hydroxylation sites is 1. The van der Waals surface area contributed by atoms with Gasteiger partial charge in [0.2, 0.25) is 20.5 Å². The average molecular weight is 353 g/mol. The van der Waals surface area contributed by atoms with Crippen LogP contribution in [0.3, 0.4) is 0 Å².